The van der Waals surface area contributed by atoms with E-state index in [1.807, 2.05) is 0 Å². The lowest BCUT2D eigenvalue weighted by Crippen LogP contribution is -2.07. The number of nitro groups is 1. The predicted octanol–water partition coefficient (Wildman–Crippen LogP) is 2.81. The summed E-state index contributed by atoms with van der Waals surface area (Å²) in [6.45, 7) is 0. The van der Waals surface area contributed by atoms with Gasteiger partial charge in [-0.05, 0) is 5.56 Å². The Kier molecular flexibility index (Phi) is 4.62. The van der Waals surface area contributed by atoms with Crippen molar-refractivity contribution in [3.05, 3.63) is 63.0 Å². The van der Waals surface area contributed by atoms with E-state index in [1.165, 1.54) is 0 Å². The number of nitrogens with zero attached hydrogens (tertiary/aromatic N) is 2. The van der Waals surface area contributed by atoms with Crippen molar-refractivity contribution in [2.24, 2.45) is 5.10 Å². The minimum absolute atomic E-state index is 0.333. The Balaban J connectivity index is 2.34. The van der Waals surface area contributed by atoms with E-state index in [1.54, 1.807) is 5.43 Å². The molecule has 0 aliphatic rings. The van der Waals surface area contributed by atoms with Crippen molar-refractivity contribution in [3.8, 4) is 5.75 Å². The van der Waals surface area contributed by atoms with Crippen molar-refractivity contribution >= 4 is 17.6 Å². The number of nitro benzene ring substituents is 1. The van der Waals surface area contributed by atoms with Gasteiger partial charge in [0.1, 0.15) is 5.69 Å². The van der Waals surface area contributed by atoms with Crippen LogP contribution in [0.4, 0.5) is 33.3 Å². The zero-order chi connectivity index (χ0) is 18.0. The van der Waals surface area contributed by atoms with Gasteiger partial charge in [0.15, 0.2) is 23.3 Å². The summed E-state index contributed by atoms with van der Waals surface area (Å²) in [5.41, 5.74) is -0.636. The summed E-state index contributed by atoms with van der Waals surface area (Å²) in [6, 6.07) is 2.61. The molecule has 2 aromatic carbocycles. The molecule has 0 aliphatic heterocycles. The van der Waals surface area contributed by atoms with Gasteiger partial charge in [-0.3, -0.25) is 15.5 Å². The van der Waals surface area contributed by atoms with Gasteiger partial charge in [0.2, 0.25) is 5.82 Å². The topological polar surface area (TPSA) is 90.6 Å². The molecule has 24 heavy (non-hydrogen) atoms. The molecule has 0 aliphatic carbocycles. The van der Waals surface area contributed by atoms with E-state index in [4.69, 9.17) is 0 Å². The largest absolute Gasteiger partial charge is 0.872 e. The summed E-state index contributed by atoms with van der Waals surface area (Å²) in [4.78, 5) is 9.78. The number of nitrogens with one attached hydrogen (secondary N) is 1. The number of hydrazone groups is 1. The molecule has 0 heterocycles. The first-order chi connectivity index (χ1) is 11.2. The van der Waals surface area contributed by atoms with Crippen LogP contribution in [0, 0.1) is 39.2 Å². The lowest BCUT2D eigenvalue weighted by molar-refractivity contribution is -0.385. The SMILES string of the molecule is O=[N+]([O-])c1ccc([O-])c(/C=N\Nc2c(F)c(F)c(F)c(F)c2F)c1. The average Bonchev–Trinajstić information content (AvgIpc) is 2.55. The van der Waals surface area contributed by atoms with Crippen LogP contribution >= 0.6 is 0 Å². The van der Waals surface area contributed by atoms with Crippen molar-refractivity contribution < 1.29 is 32.0 Å². The summed E-state index contributed by atoms with van der Waals surface area (Å²) >= 11 is 0. The second kappa shape index (κ2) is 6.48. The maximum absolute atomic E-state index is 13.4. The second-order valence-corrected chi connectivity index (χ2v) is 4.29. The van der Waals surface area contributed by atoms with Crippen molar-refractivity contribution in [1.29, 1.82) is 0 Å². The van der Waals surface area contributed by atoms with Crippen LogP contribution in [0.25, 0.3) is 0 Å². The molecule has 0 spiro atoms. The van der Waals surface area contributed by atoms with Gasteiger partial charge in [0, 0.05) is 12.1 Å². The number of benzene rings is 2. The van der Waals surface area contributed by atoms with Crippen LogP contribution in [0.15, 0.2) is 23.3 Å². The highest BCUT2D eigenvalue weighted by molar-refractivity contribution is 5.84. The third-order valence-electron chi connectivity index (χ3n) is 2.79. The van der Waals surface area contributed by atoms with Gasteiger partial charge >= 0.3 is 0 Å². The molecule has 0 saturated heterocycles. The maximum atomic E-state index is 13.4. The maximum Gasteiger partial charge on any atom is 0.270 e. The van der Waals surface area contributed by atoms with Gasteiger partial charge in [0.25, 0.3) is 5.69 Å². The molecule has 0 atom stereocenters. The standard InChI is InChI=1S/C13H6F5N3O3/c14-8-9(15)11(17)13(12(18)10(8)16)20-19-4-5-3-6(21(23)24)1-2-7(5)22/h1-4,20,22H/p-1/b19-4-. The van der Waals surface area contributed by atoms with Crippen molar-refractivity contribution in [2.45, 2.75) is 0 Å². The molecule has 0 amide bonds. The van der Waals surface area contributed by atoms with E-state index in [2.05, 4.69) is 5.10 Å². The van der Waals surface area contributed by atoms with Gasteiger partial charge < -0.3 is 5.11 Å². The summed E-state index contributed by atoms with van der Waals surface area (Å²) in [6.07, 6.45) is 0.646. The minimum atomic E-state index is -2.33. The number of halogens is 5. The summed E-state index contributed by atoms with van der Waals surface area (Å²) in [5.74, 6) is -11.7. The molecule has 2 rings (SSSR count). The Labute approximate surface area is 130 Å². The molecule has 11 heteroatoms. The Morgan fingerprint density at radius 2 is 1.54 bits per heavy atom. The Morgan fingerprint density at radius 1 is 1.00 bits per heavy atom. The van der Waals surface area contributed by atoms with Crippen LogP contribution in [-0.2, 0) is 0 Å². The first kappa shape index (κ1) is 17.1. The number of non-ortho nitro benzene ring substituents is 1. The molecule has 0 saturated carbocycles. The first-order valence-corrected chi connectivity index (χ1v) is 6.00. The second-order valence-electron chi connectivity index (χ2n) is 4.29. The van der Waals surface area contributed by atoms with Gasteiger partial charge in [0.05, 0.1) is 11.1 Å². The van der Waals surface area contributed by atoms with E-state index in [9.17, 15) is 37.2 Å². The lowest BCUT2D eigenvalue weighted by Gasteiger charge is -2.09. The summed E-state index contributed by atoms with van der Waals surface area (Å²) in [5, 5.41) is 25.2. The zero-order valence-electron chi connectivity index (χ0n) is 11.3. The highest BCUT2D eigenvalue weighted by atomic mass is 19.2. The van der Waals surface area contributed by atoms with Crippen molar-refractivity contribution in [1.82, 2.24) is 0 Å². The highest BCUT2D eigenvalue weighted by Crippen LogP contribution is 2.27. The smallest absolute Gasteiger partial charge is 0.270 e. The molecule has 0 radical (unpaired) electrons. The summed E-state index contributed by atoms with van der Waals surface area (Å²) < 4.78 is 65.6. The number of anilines is 1. The highest BCUT2D eigenvalue weighted by Gasteiger charge is 2.25. The van der Waals surface area contributed by atoms with Crippen molar-refractivity contribution in [3.63, 3.8) is 0 Å². The van der Waals surface area contributed by atoms with E-state index in [0.717, 1.165) is 18.2 Å². The zero-order valence-corrected chi connectivity index (χ0v) is 11.3. The number of hydrogen-bond acceptors (Lipinski definition) is 5. The minimum Gasteiger partial charge on any atom is -0.872 e. The molecule has 126 valence electrons. The molecular formula is C13H5F5N3O3-. The normalized spacial score (nSPS) is 11.0. The van der Waals surface area contributed by atoms with Gasteiger partial charge in [-0.15, -0.1) is 0 Å². The fourth-order valence-corrected chi connectivity index (χ4v) is 1.62. The molecule has 2 aromatic rings. The van der Waals surface area contributed by atoms with E-state index < -0.39 is 51.1 Å². The van der Waals surface area contributed by atoms with E-state index >= 15 is 0 Å². The quantitative estimate of drug-likeness (QED) is 0.230. The fourth-order valence-electron chi connectivity index (χ4n) is 1.62. The third kappa shape index (κ3) is 3.09. The monoisotopic (exact) mass is 346 g/mol. The van der Waals surface area contributed by atoms with E-state index in [-0.39, 0.29) is 5.56 Å². The van der Waals surface area contributed by atoms with Crippen LogP contribution in [0.1, 0.15) is 5.56 Å². The summed E-state index contributed by atoms with van der Waals surface area (Å²) in [7, 11) is 0. The van der Waals surface area contributed by atoms with Gasteiger partial charge in [-0.25, -0.2) is 22.0 Å². The predicted molar refractivity (Wildman–Crippen MR) is 70.0 cm³/mol. The van der Waals surface area contributed by atoms with E-state index in [0.29, 0.717) is 6.21 Å². The molecule has 0 fully saturated rings. The molecular weight excluding hydrogens is 341 g/mol. The van der Waals surface area contributed by atoms with Crippen LogP contribution in [0.5, 0.6) is 5.75 Å². The molecule has 0 aromatic heterocycles. The van der Waals surface area contributed by atoms with Gasteiger partial charge in [-0.2, -0.15) is 5.10 Å². The molecule has 1 N–H and O–H groups in total. The average molecular weight is 346 g/mol. The number of rotatable bonds is 4. The van der Waals surface area contributed by atoms with Crippen LogP contribution < -0.4 is 10.5 Å². The van der Waals surface area contributed by atoms with Crippen LogP contribution in [-0.4, -0.2) is 11.1 Å². The Morgan fingerprint density at radius 3 is 2.08 bits per heavy atom. The molecule has 0 bridgehead atoms. The Bertz CT molecular complexity index is 828. The van der Waals surface area contributed by atoms with Crippen molar-refractivity contribution in [2.75, 3.05) is 5.43 Å². The third-order valence-corrected chi connectivity index (χ3v) is 2.79. The molecule has 0 unspecified atom stereocenters. The lowest BCUT2D eigenvalue weighted by atomic mass is 10.2. The van der Waals surface area contributed by atoms with Crippen LogP contribution in [0.2, 0.25) is 0 Å². The van der Waals surface area contributed by atoms with Crippen LogP contribution in [0.3, 0.4) is 0 Å². The molecule has 6 nitrogen and oxygen atoms in total. The van der Waals surface area contributed by atoms with Gasteiger partial charge in [-0.1, -0.05) is 11.8 Å². The number of hydrogen-bond donors (Lipinski definition) is 1. The Hall–Kier alpha value is -3.24. The first-order valence-electron chi connectivity index (χ1n) is 6.00. The fraction of sp³-hybridized carbons (Fsp3) is 0.